The van der Waals surface area contributed by atoms with Crippen molar-refractivity contribution in [2.45, 2.75) is 11.8 Å². The van der Waals surface area contributed by atoms with Gasteiger partial charge in [-0.3, -0.25) is 9.78 Å². The third kappa shape index (κ3) is 4.39. The highest BCUT2D eigenvalue weighted by atomic mass is 32.2. The number of aryl methyl sites for hydroxylation is 1. The van der Waals surface area contributed by atoms with E-state index in [4.69, 9.17) is 9.15 Å². The molecule has 0 aliphatic carbocycles. The van der Waals surface area contributed by atoms with E-state index in [0.717, 1.165) is 27.2 Å². The molecule has 0 unspecified atom stereocenters. The van der Waals surface area contributed by atoms with Crippen molar-refractivity contribution >= 4 is 34.8 Å². The number of benzene rings is 1. The minimum atomic E-state index is -0.196. The van der Waals surface area contributed by atoms with Crippen molar-refractivity contribution in [2.24, 2.45) is 5.10 Å². The molecule has 128 valence electrons. The second-order valence-corrected chi connectivity index (χ2v) is 6.26. The molecule has 1 amide bonds. The first-order chi connectivity index (χ1) is 12.2. The Bertz CT molecular complexity index is 907. The van der Waals surface area contributed by atoms with Crippen molar-refractivity contribution in [3.63, 3.8) is 0 Å². The Morgan fingerprint density at radius 3 is 3.04 bits per heavy atom. The largest absolute Gasteiger partial charge is 0.497 e. The Hall–Kier alpha value is -2.80. The number of thioether (sulfide) groups is 1. The van der Waals surface area contributed by atoms with E-state index in [1.54, 1.807) is 25.5 Å². The van der Waals surface area contributed by atoms with Gasteiger partial charge in [0.15, 0.2) is 0 Å². The quantitative estimate of drug-likeness (QED) is 0.417. The van der Waals surface area contributed by atoms with Crippen molar-refractivity contribution in [3.8, 4) is 5.75 Å². The first-order valence-electron chi connectivity index (χ1n) is 7.59. The molecule has 0 saturated heterocycles. The van der Waals surface area contributed by atoms with Crippen molar-refractivity contribution in [1.82, 2.24) is 10.4 Å². The summed E-state index contributed by atoms with van der Waals surface area (Å²) in [5.74, 6) is 1.38. The number of hydrazone groups is 1. The zero-order chi connectivity index (χ0) is 17.6. The molecule has 0 fully saturated rings. The summed E-state index contributed by atoms with van der Waals surface area (Å²) >= 11 is 1.43. The molecule has 0 bridgehead atoms. The third-order valence-corrected chi connectivity index (χ3v) is 4.44. The Kier molecular flexibility index (Phi) is 5.35. The number of nitrogens with zero attached hydrogens (tertiary/aromatic N) is 2. The van der Waals surface area contributed by atoms with E-state index in [2.05, 4.69) is 15.5 Å². The van der Waals surface area contributed by atoms with Gasteiger partial charge < -0.3 is 9.15 Å². The van der Waals surface area contributed by atoms with E-state index < -0.39 is 0 Å². The standard InChI is InChI=1S/C18H17N3O3S/c1-12-8-17(15-9-13(23-2)5-6-16(15)20-12)25-11-18(22)21-19-10-14-4-3-7-24-14/h3-10H,11H2,1-2H3,(H,21,22)/b19-10-. The van der Waals surface area contributed by atoms with Gasteiger partial charge in [0.05, 0.1) is 30.9 Å². The van der Waals surface area contributed by atoms with E-state index in [9.17, 15) is 4.79 Å². The predicted molar refractivity (Wildman–Crippen MR) is 98.2 cm³/mol. The molecule has 1 aromatic carbocycles. The van der Waals surface area contributed by atoms with E-state index in [1.165, 1.54) is 18.0 Å². The molecule has 0 aliphatic heterocycles. The lowest BCUT2D eigenvalue weighted by atomic mass is 10.2. The fourth-order valence-corrected chi connectivity index (χ4v) is 3.18. The molecule has 0 atom stereocenters. The van der Waals surface area contributed by atoms with Crippen molar-refractivity contribution in [3.05, 3.63) is 54.1 Å². The van der Waals surface area contributed by atoms with Gasteiger partial charge in [0, 0.05) is 16.0 Å². The zero-order valence-corrected chi connectivity index (χ0v) is 14.7. The number of carbonyl (C=O) groups is 1. The van der Waals surface area contributed by atoms with Crippen LogP contribution in [0.2, 0.25) is 0 Å². The summed E-state index contributed by atoms with van der Waals surface area (Å²) in [6.45, 7) is 1.93. The molecule has 25 heavy (non-hydrogen) atoms. The van der Waals surface area contributed by atoms with Crippen molar-refractivity contribution in [2.75, 3.05) is 12.9 Å². The van der Waals surface area contributed by atoms with Crippen LogP contribution in [0.1, 0.15) is 11.5 Å². The molecule has 2 heterocycles. The molecule has 6 nitrogen and oxygen atoms in total. The SMILES string of the molecule is COc1ccc2nc(C)cc(SCC(=O)N/N=C\c3ccco3)c2c1. The molecule has 1 N–H and O–H groups in total. The molecule has 3 aromatic rings. The minimum absolute atomic E-state index is 0.196. The Labute approximate surface area is 149 Å². The van der Waals surface area contributed by atoms with E-state index in [1.807, 2.05) is 31.2 Å². The monoisotopic (exact) mass is 355 g/mol. The summed E-state index contributed by atoms with van der Waals surface area (Å²) in [5.41, 5.74) is 4.26. The maximum absolute atomic E-state index is 12.0. The summed E-state index contributed by atoms with van der Waals surface area (Å²) in [6, 6.07) is 11.2. The van der Waals surface area contributed by atoms with Crippen LogP contribution in [0.4, 0.5) is 0 Å². The molecule has 0 spiro atoms. The number of rotatable bonds is 6. The van der Waals surface area contributed by atoms with Crippen molar-refractivity contribution in [1.29, 1.82) is 0 Å². The van der Waals surface area contributed by atoms with Crippen LogP contribution in [0.5, 0.6) is 5.75 Å². The molecular weight excluding hydrogens is 338 g/mol. The van der Waals surface area contributed by atoms with Crippen LogP contribution >= 0.6 is 11.8 Å². The average Bonchev–Trinajstić information content (AvgIpc) is 3.12. The van der Waals surface area contributed by atoms with Gasteiger partial charge in [-0.05, 0) is 43.3 Å². The summed E-state index contributed by atoms with van der Waals surface area (Å²) in [5, 5.41) is 4.83. The fraction of sp³-hybridized carbons (Fsp3) is 0.167. The number of carbonyl (C=O) groups excluding carboxylic acids is 1. The number of pyridine rings is 1. The molecule has 0 radical (unpaired) electrons. The third-order valence-electron chi connectivity index (χ3n) is 3.39. The number of ether oxygens (including phenoxy) is 1. The minimum Gasteiger partial charge on any atom is -0.497 e. The van der Waals surface area contributed by atoms with Gasteiger partial charge in [0.1, 0.15) is 11.5 Å². The second-order valence-electron chi connectivity index (χ2n) is 5.24. The van der Waals surface area contributed by atoms with Gasteiger partial charge >= 0.3 is 0 Å². The maximum Gasteiger partial charge on any atom is 0.250 e. The number of fused-ring (bicyclic) bond motifs is 1. The van der Waals surface area contributed by atoms with Gasteiger partial charge in [0.25, 0.3) is 0 Å². The lowest BCUT2D eigenvalue weighted by Gasteiger charge is -2.09. The van der Waals surface area contributed by atoms with Gasteiger partial charge in [-0.25, -0.2) is 5.43 Å². The number of aromatic nitrogens is 1. The number of amides is 1. The first-order valence-corrected chi connectivity index (χ1v) is 8.58. The van der Waals surface area contributed by atoms with Gasteiger partial charge in [-0.15, -0.1) is 11.8 Å². The molecular formula is C18H17N3O3S. The molecule has 0 aliphatic rings. The summed E-state index contributed by atoms with van der Waals surface area (Å²) in [6.07, 6.45) is 3.00. The number of nitrogens with one attached hydrogen (secondary N) is 1. The summed E-state index contributed by atoms with van der Waals surface area (Å²) in [4.78, 5) is 17.5. The predicted octanol–water partition coefficient (Wildman–Crippen LogP) is 3.39. The number of hydrogen-bond donors (Lipinski definition) is 1. The zero-order valence-electron chi connectivity index (χ0n) is 13.9. The first kappa shape index (κ1) is 17.0. The highest BCUT2D eigenvalue weighted by Gasteiger charge is 2.09. The Balaban J connectivity index is 1.68. The maximum atomic E-state index is 12.0. The van der Waals surface area contributed by atoms with Crippen LogP contribution in [-0.4, -0.2) is 30.0 Å². The second kappa shape index (κ2) is 7.85. The van der Waals surface area contributed by atoms with Crippen LogP contribution in [0.3, 0.4) is 0 Å². The fourth-order valence-electron chi connectivity index (χ4n) is 2.25. The van der Waals surface area contributed by atoms with Crippen LogP contribution in [0.15, 0.2) is 57.1 Å². The van der Waals surface area contributed by atoms with Gasteiger partial charge in [0.2, 0.25) is 5.91 Å². The number of hydrogen-bond acceptors (Lipinski definition) is 6. The van der Waals surface area contributed by atoms with Gasteiger partial charge in [-0.2, -0.15) is 5.10 Å². The lowest BCUT2D eigenvalue weighted by Crippen LogP contribution is -2.19. The molecule has 3 rings (SSSR count). The van der Waals surface area contributed by atoms with Crippen LogP contribution < -0.4 is 10.2 Å². The van der Waals surface area contributed by atoms with Crippen molar-refractivity contribution < 1.29 is 13.9 Å². The summed E-state index contributed by atoms with van der Waals surface area (Å²) in [7, 11) is 1.63. The van der Waals surface area contributed by atoms with E-state index in [0.29, 0.717) is 5.76 Å². The van der Waals surface area contributed by atoms with Crippen LogP contribution in [0, 0.1) is 6.92 Å². The Morgan fingerprint density at radius 1 is 1.40 bits per heavy atom. The van der Waals surface area contributed by atoms with Crippen LogP contribution in [-0.2, 0) is 4.79 Å². The average molecular weight is 355 g/mol. The molecule has 2 aromatic heterocycles. The number of furan rings is 1. The van der Waals surface area contributed by atoms with Gasteiger partial charge in [-0.1, -0.05) is 0 Å². The molecule has 7 heteroatoms. The highest BCUT2D eigenvalue weighted by molar-refractivity contribution is 8.00. The smallest absolute Gasteiger partial charge is 0.250 e. The lowest BCUT2D eigenvalue weighted by molar-refractivity contribution is -0.118. The van der Waals surface area contributed by atoms with Crippen LogP contribution in [0.25, 0.3) is 10.9 Å². The van der Waals surface area contributed by atoms with E-state index >= 15 is 0 Å². The summed E-state index contributed by atoms with van der Waals surface area (Å²) < 4.78 is 10.4. The van der Waals surface area contributed by atoms with E-state index in [-0.39, 0.29) is 11.7 Å². The highest BCUT2D eigenvalue weighted by Crippen LogP contribution is 2.30. The topological polar surface area (TPSA) is 76.7 Å². The Morgan fingerprint density at radius 2 is 2.28 bits per heavy atom. The normalized spacial score (nSPS) is 11.1. The molecule has 0 saturated carbocycles. The number of methoxy groups -OCH3 is 1.